The quantitative estimate of drug-likeness (QED) is 0.439. The van der Waals surface area contributed by atoms with Crippen molar-refractivity contribution in [2.75, 3.05) is 24.5 Å². The molecule has 3 N–H and O–H groups in total. The molecule has 2 aliphatic rings. The molecule has 4 rings (SSSR count). The molecule has 1 fully saturated rings. The Kier molecular flexibility index (Phi) is 8.43. The van der Waals surface area contributed by atoms with Crippen LogP contribution in [0, 0.1) is 0 Å². The second kappa shape index (κ2) is 11.9. The van der Waals surface area contributed by atoms with Crippen LogP contribution in [0.1, 0.15) is 62.1 Å². The number of rotatable bonds is 9. The summed E-state index contributed by atoms with van der Waals surface area (Å²) in [6.07, 6.45) is 16.7. The highest BCUT2D eigenvalue weighted by Gasteiger charge is 2.13. The lowest BCUT2D eigenvalue weighted by atomic mass is 9.95. The van der Waals surface area contributed by atoms with Crippen LogP contribution in [-0.2, 0) is 0 Å². The maximum absolute atomic E-state index is 5.81. The fourth-order valence-electron chi connectivity index (χ4n) is 4.98. The van der Waals surface area contributed by atoms with Crippen molar-refractivity contribution in [1.29, 1.82) is 0 Å². The molecule has 178 valence electrons. The number of nitrogens with one attached hydrogen (secondary N) is 1. The lowest BCUT2D eigenvalue weighted by molar-refractivity contribution is 0.376. The van der Waals surface area contributed by atoms with Crippen LogP contribution in [0.5, 0.6) is 0 Å². The van der Waals surface area contributed by atoms with Gasteiger partial charge in [0.25, 0.3) is 0 Å². The Labute approximate surface area is 205 Å². The van der Waals surface area contributed by atoms with Crippen LogP contribution in [0.2, 0.25) is 0 Å². The van der Waals surface area contributed by atoms with Gasteiger partial charge < -0.3 is 16.0 Å². The van der Waals surface area contributed by atoms with E-state index in [1.165, 1.54) is 60.1 Å². The predicted octanol–water partition coefficient (Wildman–Crippen LogP) is 6.79. The van der Waals surface area contributed by atoms with Gasteiger partial charge in [0.15, 0.2) is 0 Å². The van der Waals surface area contributed by atoms with E-state index in [4.69, 9.17) is 5.73 Å². The molecule has 3 heteroatoms. The van der Waals surface area contributed by atoms with E-state index in [-0.39, 0.29) is 0 Å². The minimum absolute atomic E-state index is 0.606. The summed E-state index contributed by atoms with van der Waals surface area (Å²) in [7, 11) is 0. The zero-order valence-electron chi connectivity index (χ0n) is 20.6. The van der Waals surface area contributed by atoms with Crippen molar-refractivity contribution >= 4 is 22.5 Å². The molecule has 0 radical (unpaired) electrons. The molecule has 0 bridgehead atoms. The van der Waals surface area contributed by atoms with Crippen molar-refractivity contribution in [2.45, 2.75) is 51.5 Å². The van der Waals surface area contributed by atoms with Crippen molar-refractivity contribution in [3.63, 3.8) is 0 Å². The first-order valence-electron chi connectivity index (χ1n) is 12.9. The van der Waals surface area contributed by atoms with E-state index >= 15 is 0 Å². The van der Waals surface area contributed by atoms with E-state index in [9.17, 15) is 0 Å². The molecule has 0 aliphatic heterocycles. The SMILES string of the molecule is C=C(N)c1ccc(C2=CC=C(c3ccc(N(CC)CCNC4CCCCC4)cc3)C=CC2)cc1. The monoisotopic (exact) mass is 453 g/mol. The van der Waals surface area contributed by atoms with E-state index in [0.717, 1.165) is 37.7 Å². The number of anilines is 1. The standard InChI is InChI=1S/C31H39N3/c1-3-34(23-22-33-30-10-5-4-6-11-30)31-20-18-29(19-21-31)27-9-7-8-26(16-17-27)28-14-12-25(13-15-28)24(2)32/h7,9,12-21,30,33H,2-6,8,10-11,22-23,32H2,1H3. The summed E-state index contributed by atoms with van der Waals surface area (Å²) in [4.78, 5) is 2.47. The largest absolute Gasteiger partial charge is 0.399 e. The van der Waals surface area contributed by atoms with Crippen LogP contribution < -0.4 is 16.0 Å². The highest BCUT2D eigenvalue weighted by Crippen LogP contribution is 2.27. The second-order valence-electron chi connectivity index (χ2n) is 9.44. The third-order valence-corrected chi connectivity index (χ3v) is 7.09. The summed E-state index contributed by atoms with van der Waals surface area (Å²) in [5.74, 6) is 0. The molecular formula is C31H39N3. The minimum Gasteiger partial charge on any atom is -0.399 e. The summed E-state index contributed by atoms with van der Waals surface area (Å²) in [6.45, 7) is 9.20. The summed E-state index contributed by atoms with van der Waals surface area (Å²) in [5, 5.41) is 3.78. The predicted molar refractivity (Wildman–Crippen MR) is 149 cm³/mol. The van der Waals surface area contributed by atoms with E-state index in [0.29, 0.717) is 5.70 Å². The van der Waals surface area contributed by atoms with Gasteiger partial charge in [0, 0.05) is 37.1 Å². The van der Waals surface area contributed by atoms with E-state index in [1.54, 1.807) is 0 Å². The van der Waals surface area contributed by atoms with E-state index in [2.05, 4.69) is 84.4 Å². The molecule has 0 spiro atoms. The van der Waals surface area contributed by atoms with Crippen LogP contribution in [0.15, 0.2) is 79.4 Å². The summed E-state index contributed by atoms with van der Waals surface area (Å²) in [6, 6.07) is 18.1. The van der Waals surface area contributed by atoms with Gasteiger partial charge in [-0.05, 0) is 66.2 Å². The molecular weight excluding hydrogens is 414 g/mol. The molecule has 1 saturated carbocycles. The normalized spacial score (nSPS) is 16.5. The van der Waals surface area contributed by atoms with Crippen molar-refractivity contribution in [1.82, 2.24) is 5.32 Å². The van der Waals surface area contributed by atoms with Gasteiger partial charge >= 0.3 is 0 Å². The lowest BCUT2D eigenvalue weighted by Crippen LogP contribution is -2.38. The smallest absolute Gasteiger partial charge is 0.0366 e. The molecule has 0 heterocycles. The van der Waals surface area contributed by atoms with Crippen molar-refractivity contribution in [3.8, 4) is 0 Å². The van der Waals surface area contributed by atoms with Gasteiger partial charge in [-0.3, -0.25) is 0 Å². The zero-order chi connectivity index (χ0) is 23.8. The van der Waals surface area contributed by atoms with E-state index < -0.39 is 0 Å². The van der Waals surface area contributed by atoms with Gasteiger partial charge in [-0.15, -0.1) is 0 Å². The fraction of sp³-hybridized carbons (Fsp3) is 0.355. The van der Waals surface area contributed by atoms with Gasteiger partial charge in [0.1, 0.15) is 0 Å². The van der Waals surface area contributed by atoms with Crippen LogP contribution in [0.4, 0.5) is 5.69 Å². The molecule has 2 aromatic rings. The maximum atomic E-state index is 5.81. The first-order valence-corrected chi connectivity index (χ1v) is 12.9. The zero-order valence-corrected chi connectivity index (χ0v) is 20.6. The minimum atomic E-state index is 0.606. The Morgan fingerprint density at radius 2 is 1.68 bits per heavy atom. The number of benzene rings is 2. The fourth-order valence-corrected chi connectivity index (χ4v) is 4.98. The van der Waals surface area contributed by atoms with Crippen molar-refractivity contribution in [3.05, 3.63) is 96.1 Å². The molecule has 3 nitrogen and oxygen atoms in total. The van der Waals surface area contributed by atoms with Crippen LogP contribution in [0.3, 0.4) is 0 Å². The topological polar surface area (TPSA) is 41.3 Å². The Bertz CT molecular complexity index is 1040. The number of nitrogens with zero attached hydrogens (tertiary/aromatic N) is 1. The van der Waals surface area contributed by atoms with Crippen molar-refractivity contribution in [2.24, 2.45) is 5.73 Å². The highest BCUT2D eigenvalue weighted by atomic mass is 15.1. The summed E-state index contributed by atoms with van der Waals surface area (Å²) < 4.78 is 0. The number of nitrogens with two attached hydrogens (primary N) is 1. The Morgan fingerprint density at radius 3 is 2.35 bits per heavy atom. The van der Waals surface area contributed by atoms with Gasteiger partial charge in [0.2, 0.25) is 0 Å². The second-order valence-corrected chi connectivity index (χ2v) is 9.44. The number of likely N-dealkylation sites (N-methyl/N-ethyl adjacent to an activating group) is 1. The van der Waals surface area contributed by atoms with Crippen molar-refractivity contribution < 1.29 is 0 Å². The molecule has 34 heavy (non-hydrogen) atoms. The number of hydrogen-bond donors (Lipinski definition) is 2. The Morgan fingerprint density at radius 1 is 0.971 bits per heavy atom. The Hall–Kier alpha value is -3.04. The van der Waals surface area contributed by atoms with Gasteiger partial charge in [0.05, 0.1) is 0 Å². The average Bonchev–Trinajstić information content (AvgIpc) is 3.14. The maximum Gasteiger partial charge on any atom is 0.0366 e. The van der Waals surface area contributed by atoms with Gasteiger partial charge in [-0.1, -0.05) is 86.5 Å². The molecule has 2 aliphatic carbocycles. The van der Waals surface area contributed by atoms with E-state index in [1.807, 2.05) is 12.1 Å². The van der Waals surface area contributed by atoms with Crippen LogP contribution >= 0.6 is 0 Å². The highest BCUT2D eigenvalue weighted by molar-refractivity contribution is 5.81. The van der Waals surface area contributed by atoms with Gasteiger partial charge in [-0.25, -0.2) is 0 Å². The first kappa shape index (κ1) is 24.1. The van der Waals surface area contributed by atoms with Gasteiger partial charge in [-0.2, -0.15) is 0 Å². The first-order chi connectivity index (χ1) is 16.6. The molecule has 0 unspecified atom stereocenters. The van der Waals surface area contributed by atoms with Crippen LogP contribution in [-0.4, -0.2) is 25.7 Å². The number of hydrogen-bond acceptors (Lipinski definition) is 3. The summed E-state index contributed by atoms with van der Waals surface area (Å²) >= 11 is 0. The third-order valence-electron chi connectivity index (χ3n) is 7.09. The van der Waals surface area contributed by atoms with Crippen LogP contribution in [0.25, 0.3) is 16.8 Å². The molecule has 0 atom stereocenters. The Balaban J connectivity index is 1.39. The molecule has 0 saturated heterocycles. The third kappa shape index (κ3) is 6.30. The number of allylic oxidation sites excluding steroid dienone is 6. The summed E-state index contributed by atoms with van der Waals surface area (Å²) in [5.41, 5.74) is 13.7. The average molecular weight is 454 g/mol. The molecule has 2 aromatic carbocycles. The molecule has 0 amide bonds. The lowest BCUT2D eigenvalue weighted by Gasteiger charge is -2.27. The molecule has 0 aromatic heterocycles.